The standard InChI is InChI=1S/C18H17N3O2/c22-16-5-3-4-14-15(16)9-13(17(14)23)8-12-10-19-18(20-11-12)21-6-1-2-7-21/h3-5,8,10-11,22H,1-2,6-7,9H2/b13-8+. The van der Waals surface area contributed by atoms with E-state index in [4.69, 9.17) is 0 Å². The highest BCUT2D eigenvalue weighted by Gasteiger charge is 2.26. The summed E-state index contributed by atoms with van der Waals surface area (Å²) in [6.07, 6.45) is 8.15. The van der Waals surface area contributed by atoms with Crippen molar-refractivity contribution in [2.45, 2.75) is 19.3 Å². The molecule has 0 amide bonds. The fourth-order valence-electron chi connectivity index (χ4n) is 3.22. The first-order chi connectivity index (χ1) is 11.2. The zero-order valence-electron chi connectivity index (χ0n) is 12.7. The number of phenolic OH excluding ortho intramolecular Hbond substituents is 1. The second kappa shape index (κ2) is 5.50. The molecule has 5 nitrogen and oxygen atoms in total. The molecule has 0 bridgehead atoms. The molecule has 1 aromatic carbocycles. The molecule has 1 saturated heterocycles. The topological polar surface area (TPSA) is 66.3 Å². The van der Waals surface area contributed by atoms with Crippen LogP contribution in [0.3, 0.4) is 0 Å². The highest BCUT2D eigenvalue weighted by molar-refractivity contribution is 6.16. The fourth-order valence-corrected chi connectivity index (χ4v) is 3.22. The molecule has 0 unspecified atom stereocenters. The smallest absolute Gasteiger partial charge is 0.225 e. The minimum absolute atomic E-state index is 0.0282. The second-order valence-electron chi connectivity index (χ2n) is 5.99. The van der Waals surface area contributed by atoms with Crippen LogP contribution in [0, 0.1) is 0 Å². The summed E-state index contributed by atoms with van der Waals surface area (Å²) in [5.74, 6) is 0.905. The van der Waals surface area contributed by atoms with Gasteiger partial charge in [-0.3, -0.25) is 4.79 Å². The number of Topliss-reactive ketones (excluding diaryl/α,β-unsaturated/α-hetero) is 1. The van der Waals surface area contributed by atoms with Crippen molar-refractivity contribution in [2.75, 3.05) is 18.0 Å². The molecular formula is C18H17N3O2. The van der Waals surface area contributed by atoms with Crippen LogP contribution in [-0.4, -0.2) is 33.9 Å². The number of phenols is 1. The Kier molecular flexibility index (Phi) is 3.33. The molecule has 1 fully saturated rings. The molecule has 0 atom stereocenters. The van der Waals surface area contributed by atoms with E-state index >= 15 is 0 Å². The third-order valence-corrected chi connectivity index (χ3v) is 4.44. The van der Waals surface area contributed by atoms with Crippen LogP contribution in [0.25, 0.3) is 6.08 Å². The Morgan fingerprint density at radius 1 is 1.13 bits per heavy atom. The number of allylic oxidation sites excluding steroid dienone is 1. The monoisotopic (exact) mass is 307 g/mol. The van der Waals surface area contributed by atoms with Crippen molar-refractivity contribution in [3.63, 3.8) is 0 Å². The van der Waals surface area contributed by atoms with Crippen LogP contribution in [0.1, 0.15) is 34.3 Å². The molecule has 23 heavy (non-hydrogen) atoms. The number of nitrogens with zero attached hydrogens (tertiary/aromatic N) is 3. The molecule has 0 saturated carbocycles. The van der Waals surface area contributed by atoms with Crippen molar-refractivity contribution >= 4 is 17.8 Å². The number of aromatic nitrogens is 2. The summed E-state index contributed by atoms with van der Waals surface area (Å²) in [5.41, 5.74) is 2.77. The Balaban J connectivity index is 1.59. The third kappa shape index (κ3) is 2.48. The largest absolute Gasteiger partial charge is 0.508 e. The van der Waals surface area contributed by atoms with Gasteiger partial charge in [-0.25, -0.2) is 9.97 Å². The summed E-state index contributed by atoms with van der Waals surface area (Å²) >= 11 is 0. The second-order valence-corrected chi connectivity index (χ2v) is 5.99. The van der Waals surface area contributed by atoms with Crippen molar-refractivity contribution in [1.82, 2.24) is 9.97 Å². The van der Waals surface area contributed by atoms with Crippen molar-refractivity contribution in [1.29, 1.82) is 0 Å². The fraction of sp³-hybridized carbons (Fsp3) is 0.278. The van der Waals surface area contributed by atoms with Crippen molar-refractivity contribution in [3.05, 3.63) is 52.9 Å². The molecule has 1 N–H and O–H groups in total. The Bertz CT molecular complexity index is 790. The first-order valence-electron chi connectivity index (χ1n) is 7.85. The van der Waals surface area contributed by atoms with Gasteiger partial charge >= 0.3 is 0 Å². The Morgan fingerprint density at radius 3 is 2.57 bits per heavy atom. The number of fused-ring (bicyclic) bond motifs is 1. The van der Waals surface area contributed by atoms with E-state index in [9.17, 15) is 9.90 Å². The zero-order valence-corrected chi connectivity index (χ0v) is 12.7. The van der Waals surface area contributed by atoms with Crippen LogP contribution in [0.4, 0.5) is 5.95 Å². The first-order valence-corrected chi connectivity index (χ1v) is 7.85. The van der Waals surface area contributed by atoms with Crippen LogP contribution < -0.4 is 4.90 Å². The predicted octanol–water partition coefficient (Wildman–Crippen LogP) is 2.60. The number of hydrogen-bond acceptors (Lipinski definition) is 5. The highest BCUT2D eigenvalue weighted by atomic mass is 16.3. The van der Waals surface area contributed by atoms with E-state index < -0.39 is 0 Å². The molecule has 2 aliphatic rings. The van der Waals surface area contributed by atoms with E-state index in [1.54, 1.807) is 30.6 Å². The molecule has 2 aromatic rings. The number of aromatic hydroxyl groups is 1. The van der Waals surface area contributed by atoms with Gasteiger partial charge in [0.2, 0.25) is 5.95 Å². The lowest BCUT2D eigenvalue weighted by Crippen LogP contribution is -2.20. The molecule has 1 aliphatic heterocycles. The number of anilines is 1. The molecular weight excluding hydrogens is 290 g/mol. The summed E-state index contributed by atoms with van der Waals surface area (Å²) in [4.78, 5) is 23.4. The van der Waals surface area contributed by atoms with E-state index in [1.807, 2.05) is 6.08 Å². The van der Waals surface area contributed by atoms with Gasteiger partial charge < -0.3 is 10.0 Å². The molecule has 0 radical (unpaired) electrons. The summed E-state index contributed by atoms with van der Waals surface area (Å²) in [7, 11) is 0. The van der Waals surface area contributed by atoms with Gasteiger partial charge in [0.15, 0.2) is 5.78 Å². The lowest BCUT2D eigenvalue weighted by atomic mass is 10.1. The normalized spacial score (nSPS) is 18.7. The summed E-state index contributed by atoms with van der Waals surface area (Å²) in [6.45, 7) is 2.01. The predicted molar refractivity (Wildman–Crippen MR) is 87.6 cm³/mol. The van der Waals surface area contributed by atoms with Crippen LogP contribution in [0.2, 0.25) is 0 Å². The van der Waals surface area contributed by atoms with E-state index in [2.05, 4.69) is 14.9 Å². The maximum Gasteiger partial charge on any atom is 0.225 e. The lowest BCUT2D eigenvalue weighted by Gasteiger charge is -2.14. The van der Waals surface area contributed by atoms with Gasteiger partial charge in [0, 0.05) is 54.2 Å². The number of ketones is 1. The van der Waals surface area contributed by atoms with E-state index in [0.717, 1.165) is 24.6 Å². The van der Waals surface area contributed by atoms with Gasteiger partial charge in [0.25, 0.3) is 0 Å². The van der Waals surface area contributed by atoms with Crippen LogP contribution in [0.15, 0.2) is 36.2 Å². The Labute approximate surface area is 134 Å². The van der Waals surface area contributed by atoms with Crippen molar-refractivity contribution < 1.29 is 9.90 Å². The van der Waals surface area contributed by atoms with Gasteiger partial charge in [-0.2, -0.15) is 0 Å². The number of rotatable bonds is 2. The van der Waals surface area contributed by atoms with E-state index in [-0.39, 0.29) is 11.5 Å². The average molecular weight is 307 g/mol. The molecule has 1 aliphatic carbocycles. The molecule has 116 valence electrons. The minimum Gasteiger partial charge on any atom is -0.508 e. The Morgan fingerprint density at radius 2 is 1.87 bits per heavy atom. The molecule has 4 rings (SSSR count). The number of carbonyl (C=O) groups excluding carboxylic acids is 1. The van der Waals surface area contributed by atoms with Crippen LogP contribution in [-0.2, 0) is 6.42 Å². The number of carbonyl (C=O) groups is 1. The highest BCUT2D eigenvalue weighted by Crippen LogP contribution is 2.33. The van der Waals surface area contributed by atoms with Gasteiger partial charge in [0.05, 0.1) is 0 Å². The van der Waals surface area contributed by atoms with Gasteiger partial charge in [-0.05, 0) is 25.0 Å². The number of hydrogen-bond donors (Lipinski definition) is 1. The SMILES string of the molecule is O=C1/C(=C/c2cnc(N3CCCC3)nc2)Cc2c(O)cccc21. The van der Waals surface area contributed by atoms with Crippen LogP contribution in [0.5, 0.6) is 5.75 Å². The first kappa shape index (κ1) is 13.9. The van der Waals surface area contributed by atoms with Gasteiger partial charge in [-0.15, -0.1) is 0 Å². The third-order valence-electron chi connectivity index (χ3n) is 4.44. The van der Waals surface area contributed by atoms with E-state index in [0.29, 0.717) is 23.1 Å². The summed E-state index contributed by atoms with van der Waals surface area (Å²) in [6, 6.07) is 5.07. The minimum atomic E-state index is -0.0282. The molecule has 0 spiro atoms. The summed E-state index contributed by atoms with van der Waals surface area (Å²) < 4.78 is 0. The van der Waals surface area contributed by atoms with Gasteiger partial charge in [0.1, 0.15) is 5.75 Å². The lowest BCUT2D eigenvalue weighted by molar-refractivity contribution is 0.104. The quantitative estimate of drug-likeness (QED) is 0.864. The van der Waals surface area contributed by atoms with Gasteiger partial charge in [-0.1, -0.05) is 12.1 Å². The van der Waals surface area contributed by atoms with E-state index in [1.165, 1.54) is 12.8 Å². The maximum absolute atomic E-state index is 12.4. The Hall–Kier alpha value is -2.69. The average Bonchev–Trinajstić information content (AvgIpc) is 3.19. The molecule has 5 heteroatoms. The maximum atomic E-state index is 12.4. The molecule has 1 aromatic heterocycles. The van der Waals surface area contributed by atoms with Crippen molar-refractivity contribution in [3.8, 4) is 5.75 Å². The van der Waals surface area contributed by atoms with Crippen molar-refractivity contribution in [2.24, 2.45) is 0 Å². The number of benzene rings is 1. The summed E-state index contributed by atoms with van der Waals surface area (Å²) in [5, 5.41) is 9.88. The molecule has 2 heterocycles. The zero-order chi connectivity index (χ0) is 15.8. The van der Waals surface area contributed by atoms with Crippen LogP contribution >= 0.6 is 0 Å².